The highest BCUT2D eigenvalue weighted by atomic mass is 35.5. The summed E-state index contributed by atoms with van der Waals surface area (Å²) in [6.07, 6.45) is 17.0. The van der Waals surface area contributed by atoms with Crippen LogP contribution in [0, 0.1) is 70.3 Å². The molecule has 0 aliphatic carbocycles. The van der Waals surface area contributed by atoms with Crippen molar-refractivity contribution in [1.29, 1.82) is 10.7 Å². The van der Waals surface area contributed by atoms with E-state index in [0.29, 0.717) is 49.8 Å². The number of thiazole rings is 1. The maximum Gasteiger partial charge on any atom is 0.262 e. The summed E-state index contributed by atoms with van der Waals surface area (Å²) in [5.74, 6) is -10.7. The van der Waals surface area contributed by atoms with Crippen molar-refractivity contribution in [3.8, 4) is 6.19 Å². The first kappa shape index (κ1) is 102. The number of carbonyl (C=O) groups is 5. The number of carbonyl (C=O) groups excluding carboxylic acids is 5. The topological polar surface area (TPSA) is 356 Å². The van der Waals surface area contributed by atoms with Gasteiger partial charge in [0.25, 0.3) is 23.6 Å². The molecule has 0 fully saturated rings. The van der Waals surface area contributed by atoms with Crippen molar-refractivity contribution in [3.63, 3.8) is 0 Å². The number of aryl methyl sites for hydroxylation is 1. The van der Waals surface area contributed by atoms with Crippen LogP contribution in [0.15, 0.2) is 180 Å². The molecule has 5 aromatic heterocycles. The van der Waals surface area contributed by atoms with Crippen LogP contribution in [0.2, 0.25) is 0 Å². The molecule has 0 spiro atoms. The number of hydrogen-bond acceptors (Lipinski definition) is 21. The van der Waals surface area contributed by atoms with E-state index < -0.39 is 92.4 Å². The molecule has 10 aromatic rings. The second kappa shape index (κ2) is 50.4. The van der Waals surface area contributed by atoms with Crippen LogP contribution in [0.5, 0.6) is 0 Å². The van der Waals surface area contributed by atoms with E-state index in [2.05, 4.69) is 108 Å². The van der Waals surface area contributed by atoms with Gasteiger partial charge in [-0.05, 0) is 144 Å². The first-order valence-corrected chi connectivity index (χ1v) is 40.3. The number of aliphatic hydroxyl groups excluding tert-OH is 1. The second-order valence-corrected chi connectivity index (χ2v) is 29.5. The van der Waals surface area contributed by atoms with Crippen molar-refractivity contribution in [1.82, 2.24) is 59.6 Å². The molecule has 4 aliphatic rings. The third-order valence-electron chi connectivity index (χ3n) is 18.9. The minimum Gasteiger partial charge on any atom is -0.400 e. The van der Waals surface area contributed by atoms with Crippen molar-refractivity contribution in [3.05, 3.63) is 283 Å². The van der Waals surface area contributed by atoms with Crippen LogP contribution in [0.1, 0.15) is 143 Å². The molecule has 0 unspecified atom stereocenters. The Morgan fingerprint density at radius 1 is 0.476 bits per heavy atom. The zero-order valence-corrected chi connectivity index (χ0v) is 72.3. The summed E-state index contributed by atoms with van der Waals surface area (Å²) in [7, 11) is 1.00. The van der Waals surface area contributed by atoms with E-state index in [9.17, 15) is 59.1 Å². The van der Waals surface area contributed by atoms with Crippen molar-refractivity contribution in [2.24, 2.45) is 5.73 Å². The van der Waals surface area contributed by atoms with Gasteiger partial charge < -0.3 is 46.8 Å². The lowest BCUT2D eigenvalue weighted by molar-refractivity contribution is -0.114. The number of amides is 4. The number of anilines is 5. The number of nitrogens with two attached hydrogens (primary N) is 1. The molecule has 5 aromatic carbocycles. The van der Waals surface area contributed by atoms with Gasteiger partial charge in [0.1, 0.15) is 74.6 Å². The van der Waals surface area contributed by atoms with Crippen LogP contribution in [-0.2, 0) is 11.3 Å². The van der Waals surface area contributed by atoms with Gasteiger partial charge in [-0.3, -0.25) is 54.2 Å². The second-order valence-electron chi connectivity index (χ2n) is 27.5. The van der Waals surface area contributed by atoms with Gasteiger partial charge >= 0.3 is 0 Å². The SMILES string of the molecule is C.CC(=O)CCl.CC1=C(c2cnc(NC(=O)c3c(F)cccc3F)cn2)CN(C#N)CC1.CC1=C(c2cnc(NC(=O)c3c(F)cccc3F)cn2)CN(C(=N)N)CC1.CC1=C(c2cnc(NC(=O)c3c(F)cccc3F)cn2)CN(Cc2ccccc2)CC1.CC1=C(c2cnc(NC(=O)c3c(F)cccc3F)cn2)CN(c2nc(C)cs2)CC1.CO.Cl.ClCCl. The molecule has 126 heavy (non-hydrogen) atoms. The first-order valence-electron chi connectivity index (χ1n) is 37.8. The normalized spacial score (nSPS) is 13.4. The Bertz CT molecular complexity index is 5530. The zero-order chi connectivity index (χ0) is 90.3. The summed E-state index contributed by atoms with van der Waals surface area (Å²) >= 11 is 16.1. The summed E-state index contributed by atoms with van der Waals surface area (Å²) in [6.45, 7) is 17.9. The van der Waals surface area contributed by atoms with Gasteiger partial charge in [-0.2, -0.15) is 5.26 Å². The number of benzene rings is 5. The third-order valence-corrected chi connectivity index (χ3v) is 20.3. The number of aliphatic hydroxyl groups is 1. The van der Waals surface area contributed by atoms with E-state index in [-0.39, 0.29) is 66.1 Å². The average molecular weight is 1840 g/mol. The molecular weight excluding hydrogens is 1750 g/mol. The van der Waals surface area contributed by atoms with E-state index >= 15 is 0 Å². The Kier molecular flexibility index (Phi) is 40.9. The number of guanidine groups is 1. The fourth-order valence-electron chi connectivity index (χ4n) is 12.4. The van der Waals surface area contributed by atoms with Crippen molar-refractivity contribution >= 4 is 145 Å². The Morgan fingerprint density at radius 3 is 1.10 bits per heavy atom. The summed E-state index contributed by atoms with van der Waals surface area (Å²) in [5, 5.41) is 36.3. The molecule has 26 nitrogen and oxygen atoms in total. The highest BCUT2D eigenvalue weighted by Gasteiger charge is 2.28. The number of nitrogens with one attached hydrogen (secondary N) is 5. The number of Topliss-reactive ketones (excluding diaryl/α,β-unsaturated/α-hetero) is 1. The molecule has 9 heterocycles. The lowest BCUT2D eigenvalue weighted by atomic mass is 9.98. The minimum atomic E-state index is -0.954. The van der Waals surface area contributed by atoms with Gasteiger partial charge in [-0.15, -0.1) is 58.5 Å². The summed E-state index contributed by atoms with van der Waals surface area (Å²) in [4.78, 5) is 105. The Morgan fingerprint density at radius 2 is 0.794 bits per heavy atom. The van der Waals surface area contributed by atoms with Crippen LogP contribution in [0.4, 0.5) is 63.5 Å². The smallest absolute Gasteiger partial charge is 0.262 e. The molecule has 4 amide bonds. The monoisotopic (exact) mass is 1830 g/mol. The van der Waals surface area contributed by atoms with Crippen LogP contribution in [0.25, 0.3) is 22.3 Å². The Hall–Kier alpha value is -12.6. The van der Waals surface area contributed by atoms with E-state index in [0.717, 1.165) is 157 Å². The number of hydrogen-bond donors (Lipinski definition) is 7. The molecule has 0 saturated heterocycles. The van der Waals surface area contributed by atoms with Crippen molar-refractivity contribution in [2.75, 3.05) is 96.9 Å². The first-order chi connectivity index (χ1) is 59.5. The minimum absolute atomic E-state index is 0. The maximum atomic E-state index is 13.8. The van der Waals surface area contributed by atoms with E-state index in [1.807, 2.05) is 44.4 Å². The van der Waals surface area contributed by atoms with Crippen LogP contribution in [-0.4, -0.2) is 171 Å². The lowest BCUT2D eigenvalue weighted by Gasteiger charge is -2.29. The number of nitrogens with zero attached hydrogens (tertiary/aromatic N) is 14. The lowest BCUT2D eigenvalue weighted by Crippen LogP contribution is -2.40. The summed E-state index contributed by atoms with van der Waals surface area (Å²) in [6, 6.07) is 23.2. The molecule has 39 heteroatoms. The van der Waals surface area contributed by atoms with Gasteiger partial charge in [-0.25, -0.2) is 60.0 Å². The van der Waals surface area contributed by atoms with E-state index in [4.69, 9.17) is 56.3 Å². The summed E-state index contributed by atoms with van der Waals surface area (Å²) < 4.78 is 110. The highest BCUT2D eigenvalue weighted by molar-refractivity contribution is 7.13. The molecule has 664 valence electrons. The molecule has 14 rings (SSSR count). The molecule has 8 N–H and O–H groups in total. The molecule has 4 aliphatic heterocycles. The van der Waals surface area contributed by atoms with E-state index in [1.54, 1.807) is 33.5 Å². The van der Waals surface area contributed by atoms with Gasteiger partial charge in [0, 0.05) is 64.8 Å². The summed E-state index contributed by atoms with van der Waals surface area (Å²) in [5.41, 5.74) is 16.5. The van der Waals surface area contributed by atoms with Gasteiger partial charge in [0.2, 0.25) is 0 Å². The predicted octanol–water partition coefficient (Wildman–Crippen LogP) is 17.4. The molecule has 0 saturated carbocycles. The number of ketones is 1. The largest absolute Gasteiger partial charge is 0.400 e. The Labute approximate surface area is 747 Å². The molecule has 0 atom stereocenters. The molecule has 0 bridgehead atoms. The van der Waals surface area contributed by atoms with Gasteiger partial charge in [-0.1, -0.05) is 84.3 Å². The number of aromatic nitrogens is 9. The quantitative estimate of drug-likeness (QED) is 0.0155. The number of rotatable bonds is 16. The van der Waals surface area contributed by atoms with Crippen molar-refractivity contribution in [2.45, 2.75) is 81.2 Å². The maximum absolute atomic E-state index is 13.8. The third kappa shape index (κ3) is 29.0. The standard InChI is InChI=1S/C24H22F2N4O.C21H19F2N5OS.C18H18F2N6O.C18H15F2N5O.C3H5ClO.CH2Cl2.CH4O.CH4.ClH/c1-16-10-11-30(14-17-6-3-2-4-7-17)15-18(16)21-12-28-22(13-27-21)29-24(31)23-19(25)8-5-9-20(23)26;1-12-6-7-28(21-26-13(2)11-30-21)10-14(12)17-8-25-18(9-24-17)27-20(29)19-15(22)4-3-5-16(19)23;1-10-5-6-26(18(21)22)9-11(10)14-7-24-15(8-23-14)25-17(27)16-12(19)3-2-4-13(16)20;1-11-5-6-25(10-21)9-12(11)15-7-23-16(8-22-15)24-18(26)17-13(19)3-2-4-14(17)20;1-3(5)2-4;2-1-3;1-2;;/h2-9,12-13H,10-11,14-15H2,1H3,(H,28,29,31);3-5,8-9,11H,6-7,10H2,1-2H3,(H,25,27,29);2-4,7-8H,5-6,9H2,1H3,(H3,21,22)(H,24,25,27);2-4,7-8H,5-6,9H2,1H3,(H,23,24,26);2H2,1H3;1H2;2H,1H3;1H4;1H. The van der Waals surface area contributed by atoms with Gasteiger partial charge in [0.15, 0.2) is 40.6 Å². The predicted molar refractivity (Wildman–Crippen MR) is 476 cm³/mol. The van der Waals surface area contributed by atoms with Crippen LogP contribution < -0.4 is 31.9 Å². The number of nitriles is 1. The Balaban J connectivity index is 0.000000249. The van der Waals surface area contributed by atoms with Crippen LogP contribution in [0.3, 0.4) is 0 Å². The van der Waals surface area contributed by atoms with Crippen LogP contribution >= 0.6 is 58.5 Å². The average Bonchev–Trinajstić information content (AvgIpc) is 1.50. The number of alkyl halides is 3. The van der Waals surface area contributed by atoms with Gasteiger partial charge in [0.05, 0.1) is 95.8 Å². The molecular formula is C87H90Cl4F8N20O6S. The molecule has 0 radical (unpaired) electrons. The van der Waals surface area contributed by atoms with Crippen molar-refractivity contribution < 1.29 is 64.2 Å². The zero-order valence-electron chi connectivity index (χ0n) is 68.4. The highest BCUT2D eigenvalue weighted by Crippen LogP contribution is 2.33. The van der Waals surface area contributed by atoms with E-state index in [1.165, 1.54) is 85.1 Å². The fraction of sp³-hybridized carbons (Fsp3) is 0.264. The fourth-order valence-corrected chi connectivity index (χ4v) is 13.2. The number of halogens is 12.